The quantitative estimate of drug-likeness (QED) is 0.804. The van der Waals surface area contributed by atoms with Gasteiger partial charge in [0, 0.05) is 18.8 Å². The van der Waals surface area contributed by atoms with Gasteiger partial charge >= 0.3 is 0 Å². The van der Waals surface area contributed by atoms with E-state index in [0.29, 0.717) is 24.5 Å². The van der Waals surface area contributed by atoms with E-state index in [9.17, 15) is 4.79 Å². The molecule has 0 saturated heterocycles. The Kier molecular flexibility index (Phi) is 6.61. The summed E-state index contributed by atoms with van der Waals surface area (Å²) in [6.45, 7) is 8.56. The summed E-state index contributed by atoms with van der Waals surface area (Å²) in [5, 5.41) is 3.04. The molecule has 0 aliphatic carbocycles. The van der Waals surface area contributed by atoms with Crippen LogP contribution in [0.3, 0.4) is 0 Å². The van der Waals surface area contributed by atoms with Crippen LogP contribution in [0.25, 0.3) is 0 Å². The van der Waals surface area contributed by atoms with Gasteiger partial charge in [0.2, 0.25) is 5.91 Å². The minimum atomic E-state index is -0.104. The van der Waals surface area contributed by atoms with Crippen molar-refractivity contribution in [2.75, 3.05) is 7.11 Å². The number of methoxy groups -OCH3 is 1. The largest absolute Gasteiger partial charge is 0.493 e. The van der Waals surface area contributed by atoms with Crippen molar-refractivity contribution in [3.63, 3.8) is 0 Å². The minimum Gasteiger partial charge on any atom is -0.493 e. The van der Waals surface area contributed by atoms with Crippen molar-refractivity contribution in [3.05, 3.63) is 53.9 Å². The highest BCUT2D eigenvalue weighted by Gasteiger charge is 2.18. The SMILES string of the molecule is COc1cc(C(C)NC(=O)CC(C)(C)C)ccc1OCc1ccncc1. The highest BCUT2D eigenvalue weighted by Crippen LogP contribution is 2.31. The molecule has 1 atom stereocenters. The zero-order chi connectivity index (χ0) is 19.2. The molecular weight excluding hydrogens is 328 g/mol. The van der Waals surface area contributed by atoms with Gasteiger partial charge in [-0.2, -0.15) is 0 Å². The summed E-state index contributed by atoms with van der Waals surface area (Å²) < 4.78 is 11.3. The van der Waals surface area contributed by atoms with Crippen LogP contribution in [0.2, 0.25) is 0 Å². The van der Waals surface area contributed by atoms with E-state index in [1.165, 1.54) is 0 Å². The lowest BCUT2D eigenvalue weighted by atomic mass is 9.91. The topological polar surface area (TPSA) is 60.5 Å². The Morgan fingerprint density at radius 2 is 1.85 bits per heavy atom. The van der Waals surface area contributed by atoms with Gasteiger partial charge in [-0.3, -0.25) is 9.78 Å². The molecule has 0 spiro atoms. The third kappa shape index (κ3) is 6.06. The van der Waals surface area contributed by atoms with Crippen LogP contribution >= 0.6 is 0 Å². The lowest BCUT2D eigenvalue weighted by molar-refractivity contribution is -0.123. The second-order valence-electron chi connectivity index (χ2n) is 7.58. The number of hydrogen-bond acceptors (Lipinski definition) is 4. The van der Waals surface area contributed by atoms with Gasteiger partial charge in [-0.1, -0.05) is 26.8 Å². The average molecular weight is 356 g/mol. The number of carbonyl (C=O) groups excluding carboxylic acids is 1. The van der Waals surface area contributed by atoms with E-state index in [4.69, 9.17) is 9.47 Å². The molecule has 2 rings (SSSR count). The van der Waals surface area contributed by atoms with Crippen molar-refractivity contribution in [2.45, 2.75) is 46.8 Å². The summed E-state index contributed by atoms with van der Waals surface area (Å²) in [4.78, 5) is 16.1. The van der Waals surface area contributed by atoms with Crippen molar-refractivity contribution in [2.24, 2.45) is 5.41 Å². The summed E-state index contributed by atoms with van der Waals surface area (Å²) >= 11 is 0. The van der Waals surface area contributed by atoms with Gasteiger partial charge in [0.1, 0.15) is 6.61 Å². The van der Waals surface area contributed by atoms with E-state index in [-0.39, 0.29) is 17.4 Å². The molecule has 5 heteroatoms. The van der Waals surface area contributed by atoms with Crippen molar-refractivity contribution in [1.82, 2.24) is 10.3 Å². The van der Waals surface area contributed by atoms with E-state index in [1.807, 2.05) is 37.3 Å². The lowest BCUT2D eigenvalue weighted by Crippen LogP contribution is -2.29. The van der Waals surface area contributed by atoms with Gasteiger partial charge in [-0.05, 0) is 47.7 Å². The number of rotatable bonds is 7. The Balaban J connectivity index is 2.03. The minimum absolute atomic E-state index is 0.0356. The normalized spacial score (nSPS) is 12.3. The van der Waals surface area contributed by atoms with Gasteiger partial charge in [-0.15, -0.1) is 0 Å². The molecule has 0 bridgehead atoms. The maximum absolute atomic E-state index is 12.2. The predicted octanol–water partition coefficient (Wildman–Crippen LogP) is 4.28. The fourth-order valence-corrected chi connectivity index (χ4v) is 2.57. The zero-order valence-electron chi connectivity index (χ0n) is 16.2. The Hall–Kier alpha value is -2.56. The first kappa shape index (κ1) is 19.8. The van der Waals surface area contributed by atoms with Crippen LogP contribution in [0.4, 0.5) is 0 Å². The molecule has 0 fully saturated rings. The number of amides is 1. The molecule has 1 aromatic carbocycles. The first-order valence-corrected chi connectivity index (χ1v) is 8.77. The number of carbonyl (C=O) groups is 1. The van der Waals surface area contributed by atoms with E-state index < -0.39 is 0 Å². The number of aromatic nitrogens is 1. The molecule has 1 aromatic heterocycles. The Morgan fingerprint density at radius 1 is 1.15 bits per heavy atom. The molecule has 26 heavy (non-hydrogen) atoms. The summed E-state index contributed by atoms with van der Waals surface area (Å²) in [5.41, 5.74) is 1.97. The van der Waals surface area contributed by atoms with Gasteiger partial charge < -0.3 is 14.8 Å². The average Bonchev–Trinajstić information content (AvgIpc) is 2.59. The van der Waals surface area contributed by atoms with Gasteiger partial charge in [-0.25, -0.2) is 0 Å². The predicted molar refractivity (Wildman–Crippen MR) is 102 cm³/mol. The summed E-state index contributed by atoms with van der Waals surface area (Å²) in [6, 6.07) is 9.45. The smallest absolute Gasteiger partial charge is 0.220 e. The Labute approximate surface area is 155 Å². The zero-order valence-corrected chi connectivity index (χ0v) is 16.2. The van der Waals surface area contributed by atoms with E-state index in [2.05, 4.69) is 31.1 Å². The number of nitrogens with zero attached hydrogens (tertiary/aromatic N) is 1. The fraction of sp³-hybridized carbons (Fsp3) is 0.429. The molecule has 2 aromatic rings. The third-order valence-corrected chi connectivity index (χ3v) is 3.90. The Morgan fingerprint density at radius 3 is 2.46 bits per heavy atom. The van der Waals surface area contributed by atoms with Crippen LogP contribution in [0.15, 0.2) is 42.7 Å². The first-order chi connectivity index (χ1) is 12.3. The monoisotopic (exact) mass is 356 g/mol. The van der Waals surface area contributed by atoms with Gasteiger partial charge in [0.05, 0.1) is 13.2 Å². The van der Waals surface area contributed by atoms with Crippen LogP contribution in [0.1, 0.15) is 51.3 Å². The molecule has 0 saturated carbocycles. The number of benzene rings is 1. The van der Waals surface area contributed by atoms with Crippen LogP contribution in [0, 0.1) is 5.41 Å². The highest BCUT2D eigenvalue weighted by atomic mass is 16.5. The number of hydrogen-bond donors (Lipinski definition) is 1. The molecule has 0 aliphatic heterocycles. The van der Waals surface area contributed by atoms with Gasteiger partial charge in [0.15, 0.2) is 11.5 Å². The standard InChI is InChI=1S/C21H28N2O3/c1-15(23-20(24)13-21(2,3)4)17-6-7-18(19(12-17)25-5)26-14-16-8-10-22-11-9-16/h6-12,15H,13-14H2,1-5H3,(H,23,24). The maximum Gasteiger partial charge on any atom is 0.220 e. The molecule has 0 aliphatic rings. The van der Waals surface area contributed by atoms with E-state index in [0.717, 1.165) is 11.1 Å². The lowest BCUT2D eigenvalue weighted by Gasteiger charge is -2.21. The number of ether oxygens (including phenoxy) is 2. The second-order valence-corrected chi connectivity index (χ2v) is 7.58. The van der Waals surface area contributed by atoms with E-state index >= 15 is 0 Å². The van der Waals surface area contributed by atoms with E-state index in [1.54, 1.807) is 19.5 Å². The van der Waals surface area contributed by atoms with Crippen LogP contribution in [0.5, 0.6) is 11.5 Å². The van der Waals surface area contributed by atoms with Crippen LogP contribution in [-0.4, -0.2) is 18.0 Å². The fourth-order valence-electron chi connectivity index (χ4n) is 2.57. The van der Waals surface area contributed by atoms with Crippen molar-refractivity contribution in [1.29, 1.82) is 0 Å². The summed E-state index contributed by atoms with van der Waals surface area (Å²) in [7, 11) is 1.61. The number of nitrogens with one attached hydrogen (secondary N) is 1. The molecule has 140 valence electrons. The molecule has 0 radical (unpaired) electrons. The van der Waals surface area contributed by atoms with Crippen molar-refractivity contribution in [3.8, 4) is 11.5 Å². The highest BCUT2D eigenvalue weighted by molar-refractivity contribution is 5.77. The van der Waals surface area contributed by atoms with Gasteiger partial charge in [0.25, 0.3) is 0 Å². The third-order valence-electron chi connectivity index (χ3n) is 3.90. The molecule has 1 heterocycles. The van der Waals surface area contributed by atoms with Crippen LogP contribution < -0.4 is 14.8 Å². The second kappa shape index (κ2) is 8.70. The molecular formula is C21H28N2O3. The first-order valence-electron chi connectivity index (χ1n) is 8.77. The maximum atomic E-state index is 12.2. The van der Waals surface area contributed by atoms with Crippen LogP contribution in [-0.2, 0) is 11.4 Å². The summed E-state index contributed by atoms with van der Waals surface area (Å²) in [6.07, 6.45) is 3.96. The molecule has 5 nitrogen and oxygen atoms in total. The molecule has 1 N–H and O–H groups in total. The molecule has 1 amide bonds. The van der Waals surface area contributed by atoms with Crippen molar-refractivity contribution < 1.29 is 14.3 Å². The van der Waals surface area contributed by atoms with Crippen molar-refractivity contribution >= 4 is 5.91 Å². The number of pyridine rings is 1. The molecule has 1 unspecified atom stereocenters. The Bertz CT molecular complexity index is 724. The summed E-state index contributed by atoms with van der Waals surface area (Å²) in [5.74, 6) is 1.36.